The van der Waals surface area contributed by atoms with Crippen LogP contribution in [-0.2, 0) is 4.79 Å². The maximum atomic E-state index is 10.0. The van der Waals surface area contributed by atoms with Crippen LogP contribution < -0.4 is 0 Å². The van der Waals surface area contributed by atoms with Crippen LogP contribution >= 0.6 is 0 Å². The molecule has 0 aliphatic heterocycles. The Kier molecular flexibility index (Phi) is 11.6. The second-order valence-electron chi connectivity index (χ2n) is 3.03. The van der Waals surface area contributed by atoms with Gasteiger partial charge in [-0.1, -0.05) is 26.7 Å². The molecule has 0 aromatic heterocycles. The summed E-state index contributed by atoms with van der Waals surface area (Å²) in [7, 11) is 0. The molecule has 2 nitrogen and oxygen atoms in total. The van der Waals surface area contributed by atoms with Crippen LogP contribution in [0, 0.1) is 46.3 Å². The maximum Gasteiger partial charge on any atom is 0.303 e. The van der Waals surface area contributed by atoms with Crippen molar-refractivity contribution in [3.8, 4) is 0 Å². The quantitative estimate of drug-likeness (QED) is 0.790. The number of unbranched alkanes of at least 4 members (excludes halogenated alkanes) is 1. The molecule has 0 aromatic rings. The van der Waals surface area contributed by atoms with Crippen molar-refractivity contribution in [2.45, 2.75) is 39.5 Å². The van der Waals surface area contributed by atoms with Crippen LogP contribution in [0.4, 0.5) is 0 Å². The van der Waals surface area contributed by atoms with Crippen molar-refractivity contribution in [2.24, 2.45) is 5.92 Å². The van der Waals surface area contributed by atoms with Gasteiger partial charge in [-0.15, -0.1) is 0 Å². The van der Waals surface area contributed by atoms with E-state index in [9.17, 15) is 4.79 Å². The molecule has 0 amide bonds. The molecule has 3 heteroatoms. The average Bonchev–Trinajstić information content (AvgIpc) is 1.79. The summed E-state index contributed by atoms with van der Waals surface area (Å²) in [5.74, 6) is 0.0255. The van der Waals surface area contributed by atoms with Crippen molar-refractivity contribution in [3.63, 3.8) is 0 Å². The molecule has 0 aromatic carbocycles. The van der Waals surface area contributed by atoms with Crippen molar-refractivity contribution in [1.29, 1.82) is 0 Å². The number of rotatable bonds is 5. The van der Waals surface area contributed by atoms with Crippen LogP contribution in [0.2, 0.25) is 0 Å². The third kappa shape index (κ3) is 13.8. The second kappa shape index (κ2) is 8.90. The Morgan fingerprint density at radius 3 is 2.27 bits per heavy atom. The molecule has 0 saturated heterocycles. The molecule has 0 radical (unpaired) electrons. The smallest absolute Gasteiger partial charge is 0.303 e. The van der Waals surface area contributed by atoms with E-state index in [1.807, 2.05) is 0 Å². The van der Waals surface area contributed by atoms with Crippen molar-refractivity contribution >= 4 is 5.97 Å². The van der Waals surface area contributed by atoms with Gasteiger partial charge >= 0.3 is 5.97 Å². The SMILES string of the molecule is CC(C)CCCCC(=O)O.[Sm]. The normalized spacial score (nSPS) is 9.36. The number of carboxylic acid groups (broad SMARTS) is 1. The molecule has 0 fully saturated rings. The predicted molar refractivity (Wildman–Crippen MR) is 40.9 cm³/mol. The number of aliphatic carboxylic acids is 1. The summed E-state index contributed by atoms with van der Waals surface area (Å²) in [6, 6.07) is 0. The third-order valence-corrected chi connectivity index (χ3v) is 1.42. The molecule has 0 aliphatic carbocycles. The first-order valence-corrected chi connectivity index (χ1v) is 3.84. The van der Waals surface area contributed by atoms with Crippen LogP contribution in [0.5, 0.6) is 0 Å². The van der Waals surface area contributed by atoms with Crippen molar-refractivity contribution in [1.82, 2.24) is 0 Å². The molecule has 0 bridgehead atoms. The van der Waals surface area contributed by atoms with E-state index >= 15 is 0 Å². The van der Waals surface area contributed by atoms with Crippen molar-refractivity contribution in [3.05, 3.63) is 0 Å². The fraction of sp³-hybridized carbons (Fsp3) is 0.875. The van der Waals surface area contributed by atoms with E-state index in [1.165, 1.54) is 0 Å². The third-order valence-electron chi connectivity index (χ3n) is 1.42. The topological polar surface area (TPSA) is 37.3 Å². The Morgan fingerprint density at radius 2 is 1.91 bits per heavy atom. The van der Waals surface area contributed by atoms with Gasteiger partial charge in [0.25, 0.3) is 0 Å². The minimum absolute atomic E-state index is 0. The zero-order valence-electron chi connectivity index (χ0n) is 7.17. The van der Waals surface area contributed by atoms with E-state index < -0.39 is 5.97 Å². The van der Waals surface area contributed by atoms with Gasteiger partial charge in [-0.2, -0.15) is 0 Å². The summed E-state index contributed by atoms with van der Waals surface area (Å²) in [4.78, 5) is 10.0. The fourth-order valence-corrected chi connectivity index (χ4v) is 0.829. The Hall–Kier alpha value is 0.808. The minimum Gasteiger partial charge on any atom is -0.481 e. The van der Waals surface area contributed by atoms with E-state index in [0.29, 0.717) is 12.3 Å². The van der Waals surface area contributed by atoms with Crippen LogP contribution in [0.3, 0.4) is 0 Å². The summed E-state index contributed by atoms with van der Waals surface area (Å²) in [6.07, 6.45) is 3.34. The molecule has 0 spiro atoms. The zero-order chi connectivity index (χ0) is 7.98. The van der Waals surface area contributed by atoms with Gasteiger partial charge in [0.15, 0.2) is 0 Å². The van der Waals surface area contributed by atoms with E-state index in [-0.39, 0.29) is 40.4 Å². The van der Waals surface area contributed by atoms with Crippen LogP contribution in [0.1, 0.15) is 39.5 Å². The van der Waals surface area contributed by atoms with Crippen LogP contribution in [0.15, 0.2) is 0 Å². The first-order chi connectivity index (χ1) is 4.63. The van der Waals surface area contributed by atoms with Gasteiger partial charge in [0, 0.05) is 46.8 Å². The molecule has 0 atom stereocenters. The standard InChI is InChI=1S/C8H16O2.Sm/c1-7(2)5-3-4-6-8(9)10;/h7H,3-6H2,1-2H3,(H,9,10);. The molecule has 66 valence electrons. The molecule has 0 saturated carbocycles. The van der Waals surface area contributed by atoms with Gasteiger partial charge in [-0.05, 0) is 12.3 Å². The Bertz CT molecular complexity index is 102. The number of hydrogen-bond acceptors (Lipinski definition) is 1. The maximum absolute atomic E-state index is 10.0. The minimum atomic E-state index is -0.677. The van der Waals surface area contributed by atoms with Crippen molar-refractivity contribution < 1.29 is 50.3 Å². The fourth-order valence-electron chi connectivity index (χ4n) is 0.829. The number of carboxylic acids is 1. The van der Waals surface area contributed by atoms with Crippen LogP contribution in [0.25, 0.3) is 0 Å². The molecule has 11 heavy (non-hydrogen) atoms. The molecular formula is C8H16O2Sm. The van der Waals surface area contributed by atoms with Gasteiger partial charge in [0.05, 0.1) is 0 Å². The molecule has 0 unspecified atom stereocenters. The summed E-state index contributed by atoms with van der Waals surface area (Å²) >= 11 is 0. The van der Waals surface area contributed by atoms with E-state index in [1.54, 1.807) is 0 Å². The number of carbonyl (C=O) groups is 1. The van der Waals surface area contributed by atoms with E-state index in [4.69, 9.17) is 5.11 Å². The summed E-state index contributed by atoms with van der Waals surface area (Å²) in [6.45, 7) is 4.31. The first kappa shape index (κ1) is 14.3. The Balaban J connectivity index is 0. The molecular weight excluding hydrogens is 278 g/mol. The molecule has 0 rings (SSSR count). The van der Waals surface area contributed by atoms with E-state index in [2.05, 4.69) is 13.8 Å². The summed E-state index contributed by atoms with van der Waals surface area (Å²) in [5.41, 5.74) is 0. The monoisotopic (exact) mass is 296 g/mol. The van der Waals surface area contributed by atoms with Gasteiger partial charge in [-0.25, -0.2) is 0 Å². The first-order valence-electron chi connectivity index (χ1n) is 3.84. The molecule has 0 heterocycles. The largest absolute Gasteiger partial charge is 0.481 e. The number of hydrogen-bond donors (Lipinski definition) is 1. The van der Waals surface area contributed by atoms with Gasteiger partial charge < -0.3 is 5.11 Å². The summed E-state index contributed by atoms with van der Waals surface area (Å²) < 4.78 is 0. The Morgan fingerprint density at radius 1 is 1.36 bits per heavy atom. The second-order valence-corrected chi connectivity index (χ2v) is 3.03. The van der Waals surface area contributed by atoms with Gasteiger partial charge in [0.2, 0.25) is 0 Å². The van der Waals surface area contributed by atoms with Gasteiger partial charge in [-0.3, -0.25) is 4.79 Å². The van der Waals surface area contributed by atoms with Crippen molar-refractivity contribution in [2.75, 3.05) is 0 Å². The van der Waals surface area contributed by atoms with E-state index in [0.717, 1.165) is 19.3 Å². The summed E-state index contributed by atoms with van der Waals surface area (Å²) in [5, 5.41) is 8.28. The zero-order valence-corrected chi connectivity index (χ0v) is 9.79. The molecule has 1 N–H and O–H groups in total. The van der Waals surface area contributed by atoms with Crippen LogP contribution in [-0.4, -0.2) is 11.1 Å². The Labute approximate surface area is 101 Å². The predicted octanol–water partition coefficient (Wildman–Crippen LogP) is 2.29. The molecule has 0 aliphatic rings. The van der Waals surface area contributed by atoms with Gasteiger partial charge in [0.1, 0.15) is 0 Å². The average molecular weight is 295 g/mol.